The summed E-state index contributed by atoms with van der Waals surface area (Å²) in [5, 5.41) is 1.03. The van der Waals surface area contributed by atoms with Crippen LogP contribution in [0.3, 0.4) is 0 Å². The third-order valence-corrected chi connectivity index (χ3v) is 3.26. The number of aromatic amines is 1. The lowest BCUT2D eigenvalue weighted by molar-refractivity contribution is 0.0999. The topological polar surface area (TPSA) is 68.1 Å². The highest BCUT2D eigenvalue weighted by molar-refractivity contribution is 5.92. The van der Waals surface area contributed by atoms with Crippen LogP contribution in [0.1, 0.15) is 15.9 Å². The number of halogens is 1. The number of hydrogen-bond acceptors (Lipinski definition) is 2. The van der Waals surface area contributed by atoms with Crippen molar-refractivity contribution in [2.24, 2.45) is 5.73 Å². The second kappa shape index (κ2) is 5.28. The van der Waals surface area contributed by atoms with Gasteiger partial charge in [-0.25, -0.2) is 4.39 Å². The lowest BCUT2D eigenvalue weighted by Gasteiger charge is -2.08. The maximum atomic E-state index is 13.8. The second-order valence-corrected chi connectivity index (χ2v) is 4.69. The summed E-state index contributed by atoms with van der Waals surface area (Å²) < 4.78 is 19.4. The number of aromatic nitrogens is 1. The highest BCUT2D eigenvalue weighted by Crippen LogP contribution is 2.21. The van der Waals surface area contributed by atoms with Gasteiger partial charge >= 0.3 is 0 Å². The zero-order valence-corrected chi connectivity index (χ0v) is 11.1. The molecule has 0 saturated heterocycles. The molecular weight excluding hydrogens is 271 g/mol. The Morgan fingerprint density at radius 3 is 2.81 bits per heavy atom. The quantitative estimate of drug-likeness (QED) is 0.773. The van der Waals surface area contributed by atoms with Gasteiger partial charge in [-0.15, -0.1) is 0 Å². The van der Waals surface area contributed by atoms with Crippen LogP contribution in [0.4, 0.5) is 4.39 Å². The maximum absolute atomic E-state index is 13.8. The van der Waals surface area contributed by atoms with Crippen LogP contribution in [0, 0.1) is 5.82 Å². The normalized spacial score (nSPS) is 10.7. The summed E-state index contributed by atoms with van der Waals surface area (Å²) in [6.07, 6.45) is 1.84. The van der Waals surface area contributed by atoms with Crippen molar-refractivity contribution in [3.63, 3.8) is 0 Å². The third-order valence-electron chi connectivity index (χ3n) is 3.26. The fourth-order valence-corrected chi connectivity index (χ4v) is 2.10. The van der Waals surface area contributed by atoms with Gasteiger partial charge < -0.3 is 15.5 Å². The molecule has 1 heterocycles. The van der Waals surface area contributed by atoms with Gasteiger partial charge in [0.1, 0.15) is 18.2 Å². The molecule has 0 bridgehead atoms. The highest BCUT2D eigenvalue weighted by Gasteiger charge is 2.08. The molecule has 0 radical (unpaired) electrons. The second-order valence-electron chi connectivity index (χ2n) is 4.69. The van der Waals surface area contributed by atoms with E-state index in [1.165, 1.54) is 12.1 Å². The standard InChI is InChI=1S/C16H13FN2O2/c17-14-8-11(16(18)20)1-2-12(14)9-21-13-3-4-15-10(7-13)5-6-19-15/h1-8,19H,9H2,(H2,18,20). The first-order valence-corrected chi connectivity index (χ1v) is 6.41. The van der Waals surface area contributed by atoms with Gasteiger partial charge in [-0.3, -0.25) is 4.79 Å². The Morgan fingerprint density at radius 2 is 2.05 bits per heavy atom. The van der Waals surface area contributed by atoms with Crippen molar-refractivity contribution in [2.75, 3.05) is 0 Å². The summed E-state index contributed by atoms with van der Waals surface area (Å²) in [6, 6.07) is 11.6. The van der Waals surface area contributed by atoms with Crippen molar-refractivity contribution in [2.45, 2.75) is 6.61 Å². The lowest BCUT2D eigenvalue weighted by Crippen LogP contribution is -2.11. The number of carbonyl (C=O) groups is 1. The number of amides is 1. The van der Waals surface area contributed by atoms with E-state index in [1.807, 2.05) is 30.5 Å². The molecule has 0 spiro atoms. The molecule has 0 unspecified atom stereocenters. The Labute approximate surface area is 120 Å². The zero-order chi connectivity index (χ0) is 14.8. The van der Waals surface area contributed by atoms with E-state index in [0.717, 1.165) is 17.0 Å². The van der Waals surface area contributed by atoms with E-state index >= 15 is 0 Å². The van der Waals surface area contributed by atoms with E-state index in [2.05, 4.69) is 4.98 Å². The van der Waals surface area contributed by atoms with Gasteiger partial charge in [-0.2, -0.15) is 0 Å². The van der Waals surface area contributed by atoms with E-state index in [4.69, 9.17) is 10.5 Å². The van der Waals surface area contributed by atoms with Crippen LogP contribution in [-0.2, 0) is 6.61 Å². The molecule has 0 aliphatic heterocycles. The number of nitrogens with two attached hydrogens (primary N) is 1. The molecule has 0 saturated carbocycles. The zero-order valence-electron chi connectivity index (χ0n) is 11.1. The van der Waals surface area contributed by atoms with Crippen LogP contribution in [0.5, 0.6) is 5.75 Å². The van der Waals surface area contributed by atoms with Crippen LogP contribution in [0.15, 0.2) is 48.7 Å². The van der Waals surface area contributed by atoms with Gasteiger partial charge in [0.05, 0.1) is 0 Å². The summed E-state index contributed by atoms with van der Waals surface area (Å²) >= 11 is 0. The number of ether oxygens (including phenoxy) is 1. The first-order chi connectivity index (χ1) is 10.1. The van der Waals surface area contributed by atoms with E-state index in [1.54, 1.807) is 0 Å². The van der Waals surface area contributed by atoms with Crippen molar-refractivity contribution in [3.8, 4) is 5.75 Å². The average Bonchev–Trinajstić information content (AvgIpc) is 2.93. The monoisotopic (exact) mass is 284 g/mol. The van der Waals surface area contributed by atoms with Gasteiger partial charge in [-0.05, 0) is 36.4 Å². The third kappa shape index (κ3) is 2.72. The Kier molecular flexibility index (Phi) is 3.31. The fourth-order valence-electron chi connectivity index (χ4n) is 2.10. The van der Waals surface area contributed by atoms with E-state index in [9.17, 15) is 9.18 Å². The number of benzene rings is 2. The first-order valence-electron chi connectivity index (χ1n) is 6.41. The number of nitrogens with one attached hydrogen (secondary N) is 1. The molecular formula is C16H13FN2O2. The summed E-state index contributed by atoms with van der Waals surface area (Å²) in [5.41, 5.74) is 6.63. The predicted octanol–water partition coefficient (Wildman–Crippen LogP) is 2.98. The van der Waals surface area contributed by atoms with Crippen LogP contribution in [-0.4, -0.2) is 10.9 Å². The average molecular weight is 284 g/mol. The lowest BCUT2D eigenvalue weighted by atomic mass is 10.1. The molecule has 4 nitrogen and oxygen atoms in total. The molecule has 0 fully saturated rings. The number of primary amides is 1. The van der Waals surface area contributed by atoms with Crippen molar-refractivity contribution < 1.29 is 13.9 Å². The van der Waals surface area contributed by atoms with Crippen molar-refractivity contribution in [1.29, 1.82) is 0 Å². The minimum Gasteiger partial charge on any atom is -0.489 e. The Hall–Kier alpha value is -2.82. The predicted molar refractivity (Wildman–Crippen MR) is 77.5 cm³/mol. The summed E-state index contributed by atoms with van der Waals surface area (Å²) in [4.78, 5) is 14.1. The molecule has 1 aromatic heterocycles. The van der Waals surface area contributed by atoms with Crippen LogP contribution in [0.25, 0.3) is 10.9 Å². The van der Waals surface area contributed by atoms with E-state index in [0.29, 0.717) is 11.3 Å². The molecule has 5 heteroatoms. The van der Waals surface area contributed by atoms with E-state index in [-0.39, 0.29) is 12.2 Å². The molecule has 106 valence electrons. The highest BCUT2D eigenvalue weighted by atomic mass is 19.1. The number of fused-ring (bicyclic) bond motifs is 1. The first kappa shape index (κ1) is 13.2. The molecule has 3 rings (SSSR count). The maximum Gasteiger partial charge on any atom is 0.248 e. The Bertz CT molecular complexity index is 811. The van der Waals surface area contributed by atoms with Crippen LogP contribution >= 0.6 is 0 Å². The summed E-state index contributed by atoms with van der Waals surface area (Å²) in [5.74, 6) is -0.506. The number of carbonyl (C=O) groups excluding carboxylic acids is 1. The molecule has 2 aromatic carbocycles. The van der Waals surface area contributed by atoms with Gasteiger partial charge in [-0.1, -0.05) is 6.07 Å². The minimum atomic E-state index is -0.653. The molecule has 0 atom stereocenters. The largest absolute Gasteiger partial charge is 0.489 e. The van der Waals surface area contributed by atoms with E-state index < -0.39 is 11.7 Å². The van der Waals surface area contributed by atoms with Crippen molar-refractivity contribution >= 4 is 16.8 Å². The van der Waals surface area contributed by atoms with Gasteiger partial charge in [0.25, 0.3) is 0 Å². The number of hydrogen-bond donors (Lipinski definition) is 2. The van der Waals surface area contributed by atoms with Crippen molar-refractivity contribution in [1.82, 2.24) is 4.98 Å². The molecule has 21 heavy (non-hydrogen) atoms. The van der Waals surface area contributed by atoms with Crippen LogP contribution < -0.4 is 10.5 Å². The molecule has 0 aliphatic carbocycles. The number of H-pyrrole nitrogens is 1. The molecule has 1 amide bonds. The number of rotatable bonds is 4. The van der Waals surface area contributed by atoms with Gasteiger partial charge in [0.15, 0.2) is 0 Å². The minimum absolute atomic E-state index is 0.0841. The Balaban J connectivity index is 1.76. The molecule has 0 aliphatic rings. The summed E-state index contributed by atoms with van der Waals surface area (Å²) in [7, 11) is 0. The Morgan fingerprint density at radius 1 is 1.19 bits per heavy atom. The fraction of sp³-hybridized carbons (Fsp3) is 0.0625. The van der Waals surface area contributed by atoms with Gasteiger partial charge in [0.2, 0.25) is 5.91 Å². The van der Waals surface area contributed by atoms with Crippen LogP contribution in [0.2, 0.25) is 0 Å². The van der Waals surface area contributed by atoms with Gasteiger partial charge in [0, 0.05) is 28.2 Å². The molecule has 3 N–H and O–H groups in total. The SMILES string of the molecule is NC(=O)c1ccc(COc2ccc3[nH]ccc3c2)c(F)c1. The summed E-state index contributed by atoms with van der Waals surface area (Å²) in [6.45, 7) is 0.0841. The molecule has 3 aromatic rings. The van der Waals surface area contributed by atoms with Crippen molar-refractivity contribution in [3.05, 3.63) is 65.6 Å². The smallest absolute Gasteiger partial charge is 0.248 e.